The maximum Gasteiger partial charge on any atom is 0.169 e. The fraction of sp³-hybridized carbons (Fsp3) is 0. The van der Waals surface area contributed by atoms with Crippen LogP contribution in [0.15, 0.2) is 41.9 Å². The Labute approximate surface area is 96.0 Å². The molecule has 0 radical (unpaired) electrons. The van der Waals surface area contributed by atoms with Gasteiger partial charge in [-0.3, -0.25) is 0 Å². The third-order valence-corrected chi connectivity index (χ3v) is 3.17. The van der Waals surface area contributed by atoms with Gasteiger partial charge in [0.05, 0.1) is 10.4 Å². The van der Waals surface area contributed by atoms with Gasteiger partial charge >= 0.3 is 0 Å². The number of fused-ring (bicyclic) bond motifs is 1. The fourth-order valence-corrected chi connectivity index (χ4v) is 2.21. The highest BCUT2D eigenvalue weighted by Crippen LogP contribution is 2.24. The molecule has 3 rings (SSSR count). The first kappa shape index (κ1) is 9.30. The number of hydrogen-bond donors (Lipinski definition) is 1. The molecule has 4 heteroatoms. The molecular weight excluding hydrogens is 220 g/mol. The largest absolute Gasteiger partial charge is 0.508 e. The van der Waals surface area contributed by atoms with Gasteiger partial charge in [0.2, 0.25) is 0 Å². The van der Waals surface area contributed by atoms with E-state index in [1.165, 1.54) is 0 Å². The Bertz CT molecular complexity index is 635. The Hall–Kier alpha value is -1.94. The van der Waals surface area contributed by atoms with Crippen LogP contribution in [-0.4, -0.2) is 15.1 Å². The second-order valence-electron chi connectivity index (χ2n) is 3.41. The molecule has 16 heavy (non-hydrogen) atoms. The smallest absolute Gasteiger partial charge is 0.169 e. The summed E-state index contributed by atoms with van der Waals surface area (Å²) in [5.41, 5.74) is 0.844. The number of phenols is 1. The Morgan fingerprint density at radius 3 is 2.94 bits per heavy atom. The van der Waals surface area contributed by atoms with Crippen LogP contribution in [0.25, 0.3) is 21.6 Å². The summed E-state index contributed by atoms with van der Waals surface area (Å²) in [4.78, 5) is 9.78. The first-order valence-corrected chi connectivity index (χ1v) is 5.70. The van der Waals surface area contributed by atoms with Crippen LogP contribution in [0.4, 0.5) is 0 Å². The molecule has 2 aromatic heterocycles. The number of aromatic hydroxyl groups is 1. The zero-order valence-corrected chi connectivity index (χ0v) is 9.11. The quantitative estimate of drug-likeness (QED) is 0.696. The van der Waals surface area contributed by atoms with Crippen LogP contribution < -0.4 is 0 Å². The lowest BCUT2D eigenvalue weighted by Gasteiger charge is -2.00. The minimum Gasteiger partial charge on any atom is -0.508 e. The molecule has 1 aromatic carbocycles. The van der Waals surface area contributed by atoms with Crippen molar-refractivity contribution in [1.82, 2.24) is 9.97 Å². The van der Waals surface area contributed by atoms with Crippen LogP contribution in [0.3, 0.4) is 0 Å². The average Bonchev–Trinajstić information content (AvgIpc) is 2.82. The van der Waals surface area contributed by atoms with Gasteiger partial charge in [-0.1, -0.05) is 6.07 Å². The van der Waals surface area contributed by atoms with E-state index in [1.54, 1.807) is 35.7 Å². The maximum atomic E-state index is 9.33. The van der Waals surface area contributed by atoms with Gasteiger partial charge < -0.3 is 5.11 Å². The van der Waals surface area contributed by atoms with Gasteiger partial charge in [0.25, 0.3) is 0 Å². The van der Waals surface area contributed by atoms with E-state index in [2.05, 4.69) is 9.97 Å². The second kappa shape index (κ2) is 3.57. The SMILES string of the molecule is Oc1ccc2nc(-c3cccs3)ncc2c1. The van der Waals surface area contributed by atoms with Gasteiger partial charge in [0.1, 0.15) is 5.75 Å². The monoisotopic (exact) mass is 228 g/mol. The zero-order valence-electron chi connectivity index (χ0n) is 8.29. The molecule has 0 bridgehead atoms. The lowest BCUT2D eigenvalue weighted by Crippen LogP contribution is -1.87. The van der Waals surface area contributed by atoms with Crippen LogP contribution in [0.2, 0.25) is 0 Å². The highest BCUT2D eigenvalue weighted by molar-refractivity contribution is 7.13. The Morgan fingerprint density at radius 2 is 2.12 bits per heavy atom. The molecule has 0 saturated heterocycles. The van der Waals surface area contributed by atoms with E-state index in [-0.39, 0.29) is 5.75 Å². The number of nitrogens with zero attached hydrogens (tertiary/aromatic N) is 2. The van der Waals surface area contributed by atoms with E-state index in [4.69, 9.17) is 0 Å². The molecule has 3 nitrogen and oxygen atoms in total. The number of benzene rings is 1. The van der Waals surface area contributed by atoms with Crippen molar-refractivity contribution in [2.24, 2.45) is 0 Å². The number of thiophene rings is 1. The number of aromatic nitrogens is 2. The van der Waals surface area contributed by atoms with Gasteiger partial charge in [0.15, 0.2) is 5.82 Å². The first-order chi connectivity index (χ1) is 7.83. The van der Waals surface area contributed by atoms with E-state index in [9.17, 15) is 5.11 Å². The van der Waals surface area contributed by atoms with Crippen molar-refractivity contribution in [3.05, 3.63) is 41.9 Å². The Balaban J connectivity index is 2.20. The summed E-state index contributed by atoms with van der Waals surface area (Å²) in [6.45, 7) is 0. The van der Waals surface area contributed by atoms with Crippen LogP contribution >= 0.6 is 11.3 Å². The van der Waals surface area contributed by atoms with Crippen LogP contribution in [0, 0.1) is 0 Å². The topological polar surface area (TPSA) is 46.0 Å². The molecule has 0 amide bonds. The van der Waals surface area contributed by atoms with Crippen LogP contribution in [0.1, 0.15) is 0 Å². The highest BCUT2D eigenvalue weighted by Gasteiger charge is 2.04. The lowest BCUT2D eigenvalue weighted by molar-refractivity contribution is 0.476. The van der Waals surface area contributed by atoms with Gasteiger partial charge in [-0.25, -0.2) is 9.97 Å². The molecule has 0 unspecified atom stereocenters. The molecule has 0 atom stereocenters. The third-order valence-electron chi connectivity index (χ3n) is 2.30. The standard InChI is InChI=1S/C12H8N2OS/c15-9-3-4-10-8(6-9)7-13-12(14-10)11-2-1-5-16-11/h1-7,15H. The first-order valence-electron chi connectivity index (χ1n) is 4.82. The minimum absolute atomic E-state index is 0.236. The Morgan fingerprint density at radius 1 is 1.19 bits per heavy atom. The third kappa shape index (κ3) is 1.53. The van der Waals surface area contributed by atoms with Crippen molar-refractivity contribution in [3.63, 3.8) is 0 Å². The molecule has 0 aliphatic rings. The van der Waals surface area contributed by atoms with Crippen molar-refractivity contribution in [1.29, 1.82) is 0 Å². The summed E-state index contributed by atoms with van der Waals surface area (Å²) >= 11 is 1.61. The van der Waals surface area contributed by atoms with E-state index in [1.807, 2.05) is 17.5 Å². The molecule has 0 fully saturated rings. The van der Waals surface area contributed by atoms with Crippen molar-refractivity contribution in [2.45, 2.75) is 0 Å². The molecule has 0 saturated carbocycles. The summed E-state index contributed by atoms with van der Waals surface area (Å²) in [5.74, 6) is 0.966. The summed E-state index contributed by atoms with van der Waals surface area (Å²) in [7, 11) is 0. The molecule has 3 aromatic rings. The summed E-state index contributed by atoms with van der Waals surface area (Å²) in [6.07, 6.45) is 1.73. The molecule has 1 N–H and O–H groups in total. The van der Waals surface area contributed by atoms with E-state index in [0.29, 0.717) is 0 Å². The normalized spacial score (nSPS) is 10.8. The summed E-state index contributed by atoms with van der Waals surface area (Å²) in [5, 5.41) is 12.2. The van der Waals surface area contributed by atoms with Gasteiger partial charge in [-0.2, -0.15) is 0 Å². The molecule has 0 aliphatic carbocycles. The van der Waals surface area contributed by atoms with E-state index < -0.39 is 0 Å². The molecular formula is C12H8N2OS. The van der Waals surface area contributed by atoms with Gasteiger partial charge in [-0.15, -0.1) is 11.3 Å². The molecule has 2 heterocycles. The van der Waals surface area contributed by atoms with Crippen molar-refractivity contribution >= 4 is 22.2 Å². The molecule has 0 spiro atoms. The fourth-order valence-electron chi connectivity index (χ4n) is 1.55. The maximum absolute atomic E-state index is 9.33. The number of rotatable bonds is 1. The summed E-state index contributed by atoms with van der Waals surface area (Å²) in [6, 6.07) is 9.06. The molecule has 78 valence electrons. The number of phenolic OH excluding ortho intramolecular Hbond substituents is 1. The van der Waals surface area contributed by atoms with Gasteiger partial charge in [-0.05, 0) is 29.6 Å². The highest BCUT2D eigenvalue weighted by atomic mass is 32.1. The van der Waals surface area contributed by atoms with E-state index in [0.717, 1.165) is 21.6 Å². The predicted molar refractivity (Wildman–Crippen MR) is 64.5 cm³/mol. The summed E-state index contributed by atoms with van der Waals surface area (Å²) < 4.78 is 0. The van der Waals surface area contributed by atoms with Crippen LogP contribution in [0.5, 0.6) is 5.75 Å². The lowest BCUT2D eigenvalue weighted by atomic mass is 10.2. The average molecular weight is 228 g/mol. The second-order valence-corrected chi connectivity index (χ2v) is 4.36. The zero-order chi connectivity index (χ0) is 11.0. The molecule has 0 aliphatic heterocycles. The predicted octanol–water partition coefficient (Wildman–Crippen LogP) is 3.06. The van der Waals surface area contributed by atoms with Crippen molar-refractivity contribution in [3.8, 4) is 16.5 Å². The van der Waals surface area contributed by atoms with Gasteiger partial charge in [0, 0.05) is 11.6 Å². The van der Waals surface area contributed by atoms with E-state index >= 15 is 0 Å². The number of hydrogen-bond acceptors (Lipinski definition) is 4. The van der Waals surface area contributed by atoms with Crippen LogP contribution in [-0.2, 0) is 0 Å². The van der Waals surface area contributed by atoms with Crippen molar-refractivity contribution in [2.75, 3.05) is 0 Å². The minimum atomic E-state index is 0.236. The Kier molecular flexibility index (Phi) is 2.08. The van der Waals surface area contributed by atoms with Crippen molar-refractivity contribution < 1.29 is 5.11 Å².